The van der Waals surface area contributed by atoms with Crippen molar-refractivity contribution in [1.82, 2.24) is 5.32 Å². The van der Waals surface area contributed by atoms with Crippen molar-refractivity contribution >= 4 is 0 Å². The van der Waals surface area contributed by atoms with Gasteiger partial charge in [-0.05, 0) is 19.9 Å². The molecule has 15 N–H and O–H groups in total. The van der Waals surface area contributed by atoms with E-state index in [1.807, 2.05) is 0 Å². The van der Waals surface area contributed by atoms with Crippen molar-refractivity contribution in [2.45, 2.75) is 117 Å². The zero-order valence-electron chi connectivity index (χ0n) is 20.5. The molecule has 17 atom stereocenters. The predicted molar refractivity (Wildman–Crippen MR) is 123 cm³/mol. The van der Waals surface area contributed by atoms with Gasteiger partial charge in [-0.1, -0.05) is 0 Å². The van der Waals surface area contributed by atoms with E-state index >= 15 is 0 Å². The minimum Gasteiger partial charge on any atom is -0.394 e. The highest BCUT2D eigenvalue weighted by atomic mass is 16.8. The molecule has 0 aromatic heterocycles. The molecular weight excluding hydrogens is 498 g/mol. The molecular formula is C21H41N5O11. The SMILES string of the molecule is CNC1C(O)[C@H]2OC(OC3C(N)CC(N)C(O)[C@H]3O)[C@@H](N)C[C@@H]2O[C@@H]1O[C@H]1OC(CO)[C@@H](N)C(O)C1O. The maximum absolute atomic E-state index is 11.1. The molecule has 3 heterocycles. The maximum Gasteiger partial charge on any atom is 0.189 e. The van der Waals surface area contributed by atoms with Gasteiger partial charge in [-0.3, -0.25) is 0 Å². The molecule has 0 bridgehead atoms. The molecule has 4 rings (SSSR count). The fourth-order valence-corrected chi connectivity index (χ4v) is 5.46. The third kappa shape index (κ3) is 5.66. The third-order valence-corrected chi connectivity index (χ3v) is 7.74. The number of aliphatic hydroxyl groups is 6. The Bertz CT molecular complexity index is 756. The molecule has 4 aliphatic rings. The highest BCUT2D eigenvalue weighted by Crippen LogP contribution is 2.35. The fourth-order valence-electron chi connectivity index (χ4n) is 5.46. The number of fused-ring (bicyclic) bond motifs is 1. The zero-order chi connectivity index (χ0) is 27.2. The summed E-state index contributed by atoms with van der Waals surface area (Å²) in [6, 6.07) is -4.05. The molecule has 4 fully saturated rings. The van der Waals surface area contributed by atoms with Crippen molar-refractivity contribution in [3.05, 3.63) is 0 Å². The summed E-state index contributed by atoms with van der Waals surface area (Å²) >= 11 is 0. The van der Waals surface area contributed by atoms with Crippen LogP contribution in [0.25, 0.3) is 0 Å². The van der Waals surface area contributed by atoms with Gasteiger partial charge in [0.15, 0.2) is 18.9 Å². The van der Waals surface area contributed by atoms with Crippen LogP contribution in [0.3, 0.4) is 0 Å². The summed E-state index contributed by atoms with van der Waals surface area (Å²) in [4.78, 5) is 0. The summed E-state index contributed by atoms with van der Waals surface area (Å²) in [5.74, 6) is 0. The van der Waals surface area contributed by atoms with Gasteiger partial charge in [-0.25, -0.2) is 0 Å². The lowest BCUT2D eigenvalue weighted by Crippen LogP contribution is -2.70. The lowest BCUT2D eigenvalue weighted by atomic mass is 9.84. The van der Waals surface area contributed by atoms with Crippen molar-refractivity contribution < 1.29 is 54.3 Å². The lowest BCUT2D eigenvalue weighted by Gasteiger charge is -2.51. The van der Waals surface area contributed by atoms with E-state index in [0.717, 1.165) is 0 Å². The Hall–Kier alpha value is -0.640. The molecule has 3 saturated heterocycles. The van der Waals surface area contributed by atoms with Gasteiger partial charge in [-0.15, -0.1) is 0 Å². The van der Waals surface area contributed by atoms with E-state index in [1.165, 1.54) is 0 Å². The largest absolute Gasteiger partial charge is 0.394 e. The topological polar surface area (TPSA) is 284 Å². The Morgan fingerprint density at radius 3 is 2.08 bits per heavy atom. The van der Waals surface area contributed by atoms with E-state index < -0.39 is 111 Å². The van der Waals surface area contributed by atoms with Gasteiger partial charge >= 0.3 is 0 Å². The van der Waals surface area contributed by atoms with Crippen molar-refractivity contribution in [1.29, 1.82) is 0 Å². The molecule has 1 saturated carbocycles. The number of hydrogen-bond donors (Lipinski definition) is 11. The van der Waals surface area contributed by atoms with E-state index in [1.54, 1.807) is 7.05 Å². The number of nitrogens with one attached hydrogen (secondary N) is 1. The second-order valence-electron chi connectivity index (χ2n) is 10.3. The Balaban J connectivity index is 1.43. The van der Waals surface area contributed by atoms with E-state index in [2.05, 4.69) is 5.32 Å². The first-order valence-electron chi connectivity index (χ1n) is 12.5. The van der Waals surface area contributed by atoms with E-state index in [0.29, 0.717) is 0 Å². The Morgan fingerprint density at radius 2 is 1.43 bits per heavy atom. The molecule has 37 heavy (non-hydrogen) atoms. The second-order valence-corrected chi connectivity index (χ2v) is 10.3. The van der Waals surface area contributed by atoms with Gasteiger partial charge in [0.05, 0.1) is 36.9 Å². The zero-order valence-corrected chi connectivity index (χ0v) is 20.5. The van der Waals surface area contributed by atoms with Crippen LogP contribution in [0.4, 0.5) is 0 Å². The molecule has 0 aromatic rings. The number of aliphatic hydroxyl groups excluding tert-OH is 6. The van der Waals surface area contributed by atoms with Crippen LogP contribution in [0.1, 0.15) is 12.8 Å². The molecule has 0 spiro atoms. The van der Waals surface area contributed by atoms with E-state index in [9.17, 15) is 30.6 Å². The standard InChI is InChI=1S/C21H41N5O11/c1-26-11-14(30)18-8(33-20(11)37-21-16(32)13(29)10(25)9(4-27)34-21)3-7(24)19(36-18)35-17-6(23)2-5(22)12(28)15(17)31/h5-21,26-32H,2-4,22-25H2,1H3/t5?,6?,7-,8-,9?,10+,11?,12?,13?,14?,15+,16?,17?,18-,19?,20+,21+/m0/s1. The number of likely N-dealkylation sites (N-methyl/N-ethyl adjacent to an activating group) is 1. The summed E-state index contributed by atoms with van der Waals surface area (Å²) in [5.41, 5.74) is 24.0. The van der Waals surface area contributed by atoms with Gasteiger partial charge in [0, 0.05) is 12.1 Å². The third-order valence-electron chi connectivity index (χ3n) is 7.74. The van der Waals surface area contributed by atoms with Crippen LogP contribution in [0.2, 0.25) is 0 Å². The van der Waals surface area contributed by atoms with Crippen LogP contribution in [0.5, 0.6) is 0 Å². The van der Waals surface area contributed by atoms with E-state index in [-0.39, 0.29) is 12.8 Å². The Kier molecular flexibility index (Phi) is 9.40. The van der Waals surface area contributed by atoms with Crippen molar-refractivity contribution in [2.24, 2.45) is 22.9 Å². The average molecular weight is 540 g/mol. The molecule has 1 aliphatic carbocycles. The number of hydrogen-bond acceptors (Lipinski definition) is 16. The van der Waals surface area contributed by atoms with Crippen molar-refractivity contribution in [2.75, 3.05) is 13.7 Å². The normalized spacial score (nSPS) is 55.1. The maximum atomic E-state index is 11.1. The van der Waals surface area contributed by atoms with Crippen molar-refractivity contribution in [3.8, 4) is 0 Å². The van der Waals surface area contributed by atoms with Gasteiger partial charge < -0.3 is 82.6 Å². The molecule has 216 valence electrons. The number of ether oxygens (including phenoxy) is 5. The second kappa shape index (κ2) is 11.8. The minimum atomic E-state index is -1.54. The predicted octanol–water partition coefficient (Wildman–Crippen LogP) is -6.95. The average Bonchev–Trinajstić information content (AvgIpc) is 2.86. The lowest BCUT2D eigenvalue weighted by molar-refractivity contribution is -0.373. The monoisotopic (exact) mass is 539 g/mol. The first-order valence-corrected chi connectivity index (χ1v) is 12.5. The van der Waals surface area contributed by atoms with Crippen LogP contribution in [-0.4, -0.2) is 148 Å². The molecule has 0 amide bonds. The van der Waals surface area contributed by atoms with Crippen LogP contribution in [-0.2, 0) is 23.7 Å². The smallest absolute Gasteiger partial charge is 0.189 e. The highest BCUT2D eigenvalue weighted by Gasteiger charge is 2.54. The molecule has 16 nitrogen and oxygen atoms in total. The minimum absolute atomic E-state index is 0.156. The Morgan fingerprint density at radius 1 is 0.730 bits per heavy atom. The molecule has 16 heteroatoms. The summed E-state index contributed by atoms with van der Waals surface area (Å²) < 4.78 is 29.2. The van der Waals surface area contributed by atoms with Gasteiger partial charge in [0.1, 0.15) is 42.7 Å². The van der Waals surface area contributed by atoms with Crippen LogP contribution >= 0.6 is 0 Å². The van der Waals surface area contributed by atoms with Crippen molar-refractivity contribution in [3.63, 3.8) is 0 Å². The fraction of sp³-hybridized carbons (Fsp3) is 1.00. The van der Waals surface area contributed by atoms with Gasteiger partial charge in [-0.2, -0.15) is 0 Å². The Labute approximate surface area is 213 Å². The molecule has 0 radical (unpaired) electrons. The highest BCUT2D eigenvalue weighted by molar-refractivity contribution is 5.01. The van der Waals surface area contributed by atoms with Crippen LogP contribution in [0, 0.1) is 0 Å². The van der Waals surface area contributed by atoms with E-state index in [4.69, 9.17) is 46.6 Å². The number of nitrogens with two attached hydrogens (primary N) is 4. The number of rotatable bonds is 6. The molecule has 10 unspecified atom stereocenters. The van der Waals surface area contributed by atoms with Crippen LogP contribution < -0.4 is 28.3 Å². The summed E-state index contributed by atoms with van der Waals surface area (Å²) in [6.07, 6.45) is -13.7. The summed E-state index contributed by atoms with van der Waals surface area (Å²) in [5, 5.41) is 64.7. The molecule has 3 aliphatic heterocycles. The van der Waals surface area contributed by atoms with Gasteiger partial charge in [0.2, 0.25) is 0 Å². The summed E-state index contributed by atoms with van der Waals surface area (Å²) in [6.45, 7) is -0.508. The molecule has 0 aromatic carbocycles. The first-order chi connectivity index (χ1) is 17.5. The first kappa shape index (κ1) is 29.3. The quantitative estimate of drug-likeness (QED) is 0.149. The van der Waals surface area contributed by atoms with Gasteiger partial charge in [0.25, 0.3) is 0 Å². The van der Waals surface area contributed by atoms with Crippen LogP contribution in [0.15, 0.2) is 0 Å². The summed E-state index contributed by atoms with van der Waals surface area (Å²) in [7, 11) is 1.55.